The molecule has 0 unspecified atom stereocenters. The van der Waals surface area contributed by atoms with E-state index >= 15 is 0 Å². The summed E-state index contributed by atoms with van der Waals surface area (Å²) < 4.78 is 26.4. The lowest BCUT2D eigenvalue weighted by Gasteiger charge is -2.20. The first-order chi connectivity index (χ1) is 9.81. The molecule has 2 N–H and O–H groups in total. The van der Waals surface area contributed by atoms with Crippen molar-refractivity contribution in [2.75, 3.05) is 20.1 Å². The van der Waals surface area contributed by atoms with Gasteiger partial charge in [0, 0.05) is 13.6 Å². The van der Waals surface area contributed by atoms with Gasteiger partial charge in [0.2, 0.25) is 5.91 Å². The zero-order valence-electron chi connectivity index (χ0n) is 11.4. The van der Waals surface area contributed by atoms with Crippen LogP contribution >= 0.6 is 0 Å². The normalized spacial score (nSPS) is 10.1. The van der Waals surface area contributed by atoms with Crippen molar-refractivity contribution in [3.63, 3.8) is 0 Å². The van der Waals surface area contributed by atoms with Crippen LogP contribution in [0.3, 0.4) is 0 Å². The van der Waals surface area contributed by atoms with Crippen molar-refractivity contribution in [3.05, 3.63) is 34.9 Å². The maximum Gasteiger partial charge on any atom is 0.336 e. The van der Waals surface area contributed by atoms with Crippen LogP contribution in [0.2, 0.25) is 0 Å². The maximum absolute atomic E-state index is 13.3. The smallest absolute Gasteiger partial charge is 0.336 e. The molecule has 1 aromatic rings. The number of hydrogen-bond donors (Lipinski definition) is 2. The average Bonchev–Trinajstić information content (AvgIpc) is 2.45. The second-order valence-corrected chi connectivity index (χ2v) is 4.11. The van der Waals surface area contributed by atoms with E-state index in [0.29, 0.717) is 12.1 Å². The van der Waals surface area contributed by atoms with Crippen LogP contribution in [0.15, 0.2) is 12.1 Å². The Morgan fingerprint density at radius 2 is 1.71 bits per heavy atom. The number of hydrogen-bond acceptors (Lipinski definition) is 3. The fraction of sp³-hybridized carbons (Fsp3) is 0.308. The van der Waals surface area contributed by atoms with E-state index in [1.807, 2.05) is 0 Å². The minimum atomic E-state index is -1.56. The van der Waals surface area contributed by atoms with E-state index in [9.17, 15) is 23.2 Å². The highest BCUT2D eigenvalue weighted by atomic mass is 19.2. The monoisotopic (exact) mass is 300 g/mol. The van der Waals surface area contributed by atoms with Gasteiger partial charge in [-0.3, -0.25) is 9.59 Å². The third kappa shape index (κ3) is 3.74. The molecular weight excluding hydrogens is 286 g/mol. The van der Waals surface area contributed by atoms with Crippen LogP contribution in [0.25, 0.3) is 0 Å². The quantitative estimate of drug-likeness (QED) is 0.845. The van der Waals surface area contributed by atoms with Crippen molar-refractivity contribution in [3.8, 4) is 0 Å². The summed E-state index contributed by atoms with van der Waals surface area (Å²) in [6.45, 7) is 1.36. The SMILES string of the molecule is CCN(CC(=O)NC)C(=O)c1cc(F)c(F)cc1C(=O)O. The van der Waals surface area contributed by atoms with Gasteiger partial charge >= 0.3 is 5.97 Å². The zero-order chi connectivity index (χ0) is 16.2. The van der Waals surface area contributed by atoms with Gasteiger partial charge in [-0.25, -0.2) is 13.6 Å². The van der Waals surface area contributed by atoms with Crippen LogP contribution < -0.4 is 5.32 Å². The van der Waals surface area contributed by atoms with E-state index in [4.69, 9.17) is 5.11 Å². The lowest BCUT2D eigenvalue weighted by atomic mass is 10.1. The molecule has 0 aliphatic heterocycles. The Kier molecular flexibility index (Phi) is 5.34. The lowest BCUT2D eigenvalue weighted by Crippen LogP contribution is -2.40. The van der Waals surface area contributed by atoms with Crippen molar-refractivity contribution >= 4 is 17.8 Å². The third-order valence-electron chi connectivity index (χ3n) is 2.80. The summed E-state index contributed by atoms with van der Waals surface area (Å²) in [6.07, 6.45) is 0. The molecule has 8 heteroatoms. The van der Waals surface area contributed by atoms with Crippen molar-refractivity contribution in [2.45, 2.75) is 6.92 Å². The van der Waals surface area contributed by atoms with Gasteiger partial charge in [0.15, 0.2) is 11.6 Å². The highest BCUT2D eigenvalue weighted by Gasteiger charge is 2.24. The van der Waals surface area contributed by atoms with Gasteiger partial charge < -0.3 is 15.3 Å². The van der Waals surface area contributed by atoms with Gasteiger partial charge in [-0.2, -0.15) is 0 Å². The van der Waals surface area contributed by atoms with Crippen molar-refractivity contribution < 1.29 is 28.3 Å². The van der Waals surface area contributed by atoms with Crippen LogP contribution in [0.5, 0.6) is 0 Å². The Balaban J connectivity index is 3.24. The molecule has 0 heterocycles. The van der Waals surface area contributed by atoms with Crippen LogP contribution in [-0.2, 0) is 4.79 Å². The number of carboxylic acids is 1. The Morgan fingerprint density at radius 3 is 2.14 bits per heavy atom. The summed E-state index contributed by atoms with van der Waals surface area (Å²) in [4.78, 5) is 35.6. The number of rotatable bonds is 5. The molecule has 0 aromatic heterocycles. The van der Waals surface area contributed by atoms with Gasteiger partial charge in [0.1, 0.15) is 0 Å². The highest BCUT2D eigenvalue weighted by molar-refractivity contribution is 6.05. The highest BCUT2D eigenvalue weighted by Crippen LogP contribution is 2.17. The maximum atomic E-state index is 13.3. The lowest BCUT2D eigenvalue weighted by molar-refractivity contribution is -0.121. The van der Waals surface area contributed by atoms with E-state index < -0.39 is 40.5 Å². The largest absolute Gasteiger partial charge is 0.478 e. The van der Waals surface area contributed by atoms with E-state index in [1.54, 1.807) is 6.92 Å². The summed E-state index contributed by atoms with van der Waals surface area (Å²) in [7, 11) is 1.38. The summed E-state index contributed by atoms with van der Waals surface area (Å²) >= 11 is 0. The van der Waals surface area contributed by atoms with Crippen LogP contribution in [0.1, 0.15) is 27.6 Å². The Labute approximate surface area is 119 Å². The first kappa shape index (κ1) is 16.5. The van der Waals surface area contributed by atoms with Gasteiger partial charge in [-0.15, -0.1) is 0 Å². The van der Waals surface area contributed by atoms with Crippen LogP contribution in [0, 0.1) is 11.6 Å². The fourth-order valence-electron chi connectivity index (χ4n) is 1.65. The standard InChI is InChI=1S/C13H14F2N2O4/c1-3-17(6-11(18)16-2)12(19)7-4-9(14)10(15)5-8(7)13(20)21/h4-5H,3,6H2,1-2H3,(H,16,18)(H,20,21). The predicted molar refractivity (Wildman–Crippen MR) is 69.0 cm³/mol. The second kappa shape index (κ2) is 6.78. The number of benzene rings is 1. The van der Waals surface area contributed by atoms with Crippen LogP contribution in [-0.4, -0.2) is 47.9 Å². The van der Waals surface area contributed by atoms with E-state index in [0.717, 1.165) is 4.90 Å². The molecule has 0 saturated heterocycles. The molecule has 0 radical (unpaired) electrons. The molecule has 114 valence electrons. The average molecular weight is 300 g/mol. The molecule has 0 spiro atoms. The van der Waals surface area contributed by atoms with Crippen molar-refractivity contribution in [2.24, 2.45) is 0 Å². The molecule has 0 aliphatic rings. The minimum absolute atomic E-state index is 0.101. The molecule has 0 fully saturated rings. The molecule has 21 heavy (non-hydrogen) atoms. The number of amides is 2. The second-order valence-electron chi connectivity index (χ2n) is 4.11. The number of aromatic carboxylic acids is 1. The van der Waals surface area contributed by atoms with E-state index in [2.05, 4.69) is 5.32 Å². The molecule has 0 atom stereocenters. The third-order valence-corrected chi connectivity index (χ3v) is 2.80. The number of carbonyl (C=O) groups excluding carboxylic acids is 2. The molecule has 6 nitrogen and oxygen atoms in total. The summed E-state index contributed by atoms with van der Waals surface area (Å²) in [5, 5.41) is 11.3. The Bertz CT molecular complexity index is 590. The first-order valence-electron chi connectivity index (χ1n) is 6.04. The van der Waals surface area contributed by atoms with Gasteiger partial charge in [0.25, 0.3) is 5.91 Å². The van der Waals surface area contributed by atoms with Gasteiger partial charge in [0.05, 0.1) is 17.7 Å². The minimum Gasteiger partial charge on any atom is -0.478 e. The van der Waals surface area contributed by atoms with Crippen molar-refractivity contribution in [1.82, 2.24) is 10.2 Å². The number of carbonyl (C=O) groups is 3. The number of nitrogens with one attached hydrogen (secondary N) is 1. The fourth-order valence-corrected chi connectivity index (χ4v) is 1.65. The number of halogens is 2. The van der Waals surface area contributed by atoms with Gasteiger partial charge in [-0.1, -0.05) is 0 Å². The predicted octanol–water partition coefficient (Wildman–Crippen LogP) is 0.871. The summed E-state index contributed by atoms with van der Waals surface area (Å²) in [5.41, 5.74) is -1.17. The molecule has 0 aliphatic carbocycles. The van der Waals surface area contributed by atoms with Crippen LogP contribution in [0.4, 0.5) is 8.78 Å². The van der Waals surface area contributed by atoms with E-state index in [-0.39, 0.29) is 13.1 Å². The van der Waals surface area contributed by atoms with Crippen molar-refractivity contribution in [1.29, 1.82) is 0 Å². The molecule has 0 saturated carbocycles. The molecule has 2 amide bonds. The number of nitrogens with zero attached hydrogens (tertiary/aromatic N) is 1. The topological polar surface area (TPSA) is 86.7 Å². The summed E-state index contributed by atoms with van der Waals surface area (Å²) in [5.74, 6) is -5.59. The first-order valence-corrected chi connectivity index (χ1v) is 6.04. The number of likely N-dealkylation sites (N-methyl/N-ethyl adjacent to an activating group) is 2. The van der Waals surface area contributed by atoms with Gasteiger partial charge in [-0.05, 0) is 19.1 Å². The zero-order valence-corrected chi connectivity index (χ0v) is 11.4. The number of carboxylic acid groups (broad SMARTS) is 1. The van der Waals surface area contributed by atoms with E-state index in [1.165, 1.54) is 7.05 Å². The molecule has 0 bridgehead atoms. The Morgan fingerprint density at radius 1 is 1.19 bits per heavy atom. The molecule has 1 rings (SSSR count). The molecule has 1 aromatic carbocycles. The summed E-state index contributed by atoms with van der Waals surface area (Å²) in [6, 6.07) is 0.965. The molecular formula is C13H14F2N2O4. The Hall–Kier alpha value is -2.51.